The Kier molecular flexibility index (Phi) is 6.76. The number of nitrogens with zero attached hydrogens (tertiary/aromatic N) is 8. The van der Waals surface area contributed by atoms with Crippen molar-refractivity contribution in [2.75, 3.05) is 33.2 Å². The molecule has 0 aliphatic carbocycles. The first-order valence-electron chi connectivity index (χ1n) is 12.9. The van der Waals surface area contributed by atoms with Gasteiger partial charge in [-0.3, -0.25) is 19.5 Å². The Bertz CT molecular complexity index is 1550. The highest BCUT2D eigenvalue weighted by Crippen LogP contribution is 2.30. The van der Waals surface area contributed by atoms with Gasteiger partial charge in [0.1, 0.15) is 5.69 Å². The van der Waals surface area contributed by atoms with Crippen molar-refractivity contribution >= 4 is 11.8 Å². The number of alkyl halides is 2. The van der Waals surface area contributed by atoms with Crippen LogP contribution in [0.1, 0.15) is 50.4 Å². The molecule has 10 nitrogen and oxygen atoms in total. The summed E-state index contributed by atoms with van der Waals surface area (Å²) in [6, 6.07) is 18.3. The lowest BCUT2D eigenvalue weighted by Gasteiger charge is -2.38. The normalized spacial score (nSPS) is 16.4. The number of aromatic nitrogens is 5. The summed E-state index contributed by atoms with van der Waals surface area (Å²) in [6.45, 7) is -0.507. The Morgan fingerprint density at radius 3 is 2.42 bits per heavy atom. The number of piperazine rings is 1. The van der Waals surface area contributed by atoms with Crippen LogP contribution in [0.15, 0.2) is 66.9 Å². The third-order valence-corrected chi connectivity index (χ3v) is 7.35. The van der Waals surface area contributed by atoms with E-state index in [1.165, 1.54) is 0 Å². The largest absolute Gasteiger partial charge is 0.350 e. The van der Waals surface area contributed by atoms with Gasteiger partial charge in [0.05, 0.1) is 6.04 Å². The fourth-order valence-electron chi connectivity index (χ4n) is 5.31. The molecule has 204 valence electrons. The number of amides is 2. The van der Waals surface area contributed by atoms with Crippen LogP contribution in [0, 0.1) is 0 Å². The van der Waals surface area contributed by atoms with Crippen LogP contribution in [0.4, 0.5) is 8.78 Å². The van der Waals surface area contributed by atoms with E-state index < -0.39 is 12.6 Å². The first-order valence-corrected chi connectivity index (χ1v) is 12.9. The Morgan fingerprint density at radius 2 is 1.70 bits per heavy atom. The minimum atomic E-state index is -2.88. The molecule has 0 unspecified atom stereocenters. The number of benzene rings is 2. The Hall–Kier alpha value is -4.58. The van der Waals surface area contributed by atoms with Crippen LogP contribution in [-0.2, 0) is 6.54 Å². The van der Waals surface area contributed by atoms with E-state index in [1.807, 2.05) is 54.6 Å². The second-order valence-corrected chi connectivity index (χ2v) is 9.85. The quantitative estimate of drug-likeness (QED) is 0.367. The van der Waals surface area contributed by atoms with Gasteiger partial charge < -0.3 is 9.80 Å². The average Bonchev–Trinajstić information content (AvgIpc) is 3.58. The highest BCUT2D eigenvalue weighted by Gasteiger charge is 2.32. The lowest BCUT2D eigenvalue weighted by molar-refractivity contribution is 0.0385. The predicted octanol–water partition coefficient (Wildman–Crippen LogP) is 3.26. The summed E-state index contributed by atoms with van der Waals surface area (Å²) >= 11 is 0. The molecule has 4 aromatic rings. The van der Waals surface area contributed by atoms with Gasteiger partial charge in [0.15, 0.2) is 5.82 Å². The van der Waals surface area contributed by atoms with Gasteiger partial charge in [0.25, 0.3) is 11.8 Å². The summed E-state index contributed by atoms with van der Waals surface area (Å²) in [5, 5.41) is 11.3. The topological polar surface area (TPSA) is 100 Å². The van der Waals surface area contributed by atoms with Gasteiger partial charge in [-0.1, -0.05) is 41.2 Å². The predicted molar refractivity (Wildman–Crippen MR) is 140 cm³/mol. The minimum Gasteiger partial charge on any atom is -0.337 e. The van der Waals surface area contributed by atoms with Crippen LogP contribution in [-0.4, -0.2) is 84.9 Å². The van der Waals surface area contributed by atoms with Crippen molar-refractivity contribution in [3.8, 4) is 11.1 Å². The van der Waals surface area contributed by atoms with Gasteiger partial charge in [-0.15, -0.1) is 10.2 Å². The zero-order chi connectivity index (χ0) is 27.8. The minimum absolute atomic E-state index is 0.00945. The smallest absolute Gasteiger partial charge is 0.337 e. The highest BCUT2D eigenvalue weighted by atomic mass is 19.3. The summed E-state index contributed by atoms with van der Waals surface area (Å²) in [4.78, 5) is 35.8. The average molecular weight is 545 g/mol. The van der Waals surface area contributed by atoms with E-state index in [0.717, 1.165) is 22.3 Å². The molecular formula is C28H26F2N8O2. The first kappa shape index (κ1) is 25.7. The third kappa shape index (κ3) is 4.81. The number of carbonyl (C=O) groups is 2. The molecule has 0 spiro atoms. The zero-order valence-electron chi connectivity index (χ0n) is 21.7. The molecule has 2 aliphatic rings. The number of hydrogen-bond donors (Lipinski definition) is 0. The molecule has 1 saturated heterocycles. The fraction of sp³-hybridized carbons (Fsp3) is 0.286. The summed E-state index contributed by atoms with van der Waals surface area (Å²) < 4.78 is 26.3. The highest BCUT2D eigenvalue weighted by molar-refractivity contribution is 5.99. The lowest BCUT2D eigenvalue weighted by atomic mass is 10.0. The van der Waals surface area contributed by atoms with E-state index >= 15 is 0 Å². The van der Waals surface area contributed by atoms with Crippen molar-refractivity contribution < 1.29 is 18.4 Å². The van der Waals surface area contributed by atoms with Crippen molar-refractivity contribution in [2.45, 2.75) is 19.1 Å². The van der Waals surface area contributed by atoms with Crippen LogP contribution in [0.2, 0.25) is 0 Å². The third-order valence-electron chi connectivity index (χ3n) is 7.35. The molecule has 2 aromatic heterocycles. The van der Waals surface area contributed by atoms with E-state index in [1.54, 1.807) is 29.1 Å². The first-order chi connectivity index (χ1) is 19.4. The molecule has 2 aromatic carbocycles. The molecule has 1 atom stereocenters. The molecule has 0 bridgehead atoms. The summed E-state index contributed by atoms with van der Waals surface area (Å²) in [6.07, 6.45) is 1.62. The molecule has 2 aliphatic heterocycles. The number of halogens is 2. The van der Waals surface area contributed by atoms with Crippen molar-refractivity contribution in [2.24, 2.45) is 0 Å². The molecule has 0 saturated carbocycles. The second kappa shape index (κ2) is 10.5. The maximum Gasteiger partial charge on any atom is 0.350 e. The monoisotopic (exact) mass is 544 g/mol. The standard InChI is InChI=1S/C28H26F2N8O2/c1-35-17-21-15-19(7-8-22(21)26(35)39)20-9-10-31-23(16-20)27(40)37-13-11-36(12-14-37)24(18-5-3-2-4-6-18)25-32-34-38(33-25)28(29)30/h2-10,15-16,24,28H,11-14,17H2,1H3/t24-/m1/s1. The van der Waals surface area contributed by atoms with Crippen molar-refractivity contribution in [1.29, 1.82) is 0 Å². The molecule has 1 fully saturated rings. The molecule has 0 radical (unpaired) electrons. The number of rotatable bonds is 6. The zero-order valence-corrected chi connectivity index (χ0v) is 21.7. The van der Waals surface area contributed by atoms with Crippen LogP contribution in [0.5, 0.6) is 0 Å². The van der Waals surface area contributed by atoms with Gasteiger partial charge >= 0.3 is 6.55 Å². The second-order valence-electron chi connectivity index (χ2n) is 9.85. The van der Waals surface area contributed by atoms with E-state index in [2.05, 4.69) is 25.3 Å². The maximum absolute atomic E-state index is 13.4. The molecule has 4 heterocycles. The lowest BCUT2D eigenvalue weighted by Crippen LogP contribution is -2.50. The number of tetrazole rings is 1. The number of hydrogen-bond acceptors (Lipinski definition) is 7. The Labute approximate surface area is 228 Å². The van der Waals surface area contributed by atoms with Crippen LogP contribution < -0.4 is 0 Å². The van der Waals surface area contributed by atoms with Gasteiger partial charge in [0.2, 0.25) is 0 Å². The molecule has 40 heavy (non-hydrogen) atoms. The Morgan fingerprint density at radius 1 is 0.950 bits per heavy atom. The Balaban J connectivity index is 1.18. The van der Waals surface area contributed by atoms with Crippen molar-refractivity contribution in [1.82, 2.24) is 39.9 Å². The van der Waals surface area contributed by atoms with Gasteiger partial charge in [-0.2, -0.15) is 8.78 Å². The number of carbonyl (C=O) groups excluding carboxylic acids is 2. The molecule has 12 heteroatoms. The van der Waals surface area contributed by atoms with E-state index in [-0.39, 0.29) is 17.6 Å². The molecule has 6 rings (SSSR count). The van der Waals surface area contributed by atoms with Gasteiger partial charge in [-0.25, -0.2) is 0 Å². The molecule has 0 N–H and O–H groups in total. The van der Waals surface area contributed by atoms with Crippen LogP contribution >= 0.6 is 0 Å². The van der Waals surface area contributed by atoms with E-state index in [9.17, 15) is 18.4 Å². The van der Waals surface area contributed by atoms with Gasteiger partial charge in [-0.05, 0) is 51.7 Å². The summed E-state index contributed by atoms with van der Waals surface area (Å²) in [5.74, 6) is 0.00805. The maximum atomic E-state index is 13.4. The van der Waals surface area contributed by atoms with Crippen LogP contribution in [0.25, 0.3) is 11.1 Å². The van der Waals surface area contributed by atoms with E-state index in [0.29, 0.717) is 48.8 Å². The summed E-state index contributed by atoms with van der Waals surface area (Å²) in [5.41, 5.74) is 4.61. The van der Waals surface area contributed by atoms with E-state index in [4.69, 9.17) is 0 Å². The van der Waals surface area contributed by atoms with Crippen molar-refractivity contribution in [3.63, 3.8) is 0 Å². The van der Waals surface area contributed by atoms with Crippen molar-refractivity contribution in [3.05, 3.63) is 95.1 Å². The number of pyridine rings is 1. The van der Waals surface area contributed by atoms with Gasteiger partial charge in [0, 0.05) is 51.5 Å². The fourth-order valence-corrected chi connectivity index (χ4v) is 5.31. The molecule has 2 amide bonds. The van der Waals surface area contributed by atoms with Crippen LogP contribution in [0.3, 0.4) is 0 Å². The summed E-state index contributed by atoms with van der Waals surface area (Å²) in [7, 11) is 1.77. The number of fused-ring (bicyclic) bond motifs is 1. The molecular weight excluding hydrogens is 518 g/mol. The SMILES string of the molecule is CN1Cc2cc(-c3ccnc(C(=O)N4CCN([C@H](c5ccccc5)c5nnn(C(F)F)n5)CC4)c3)ccc2C1=O.